The summed E-state index contributed by atoms with van der Waals surface area (Å²) in [6.07, 6.45) is -1.37. The average Bonchev–Trinajstić information content (AvgIpc) is 3.44. The molecule has 29 heavy (non-hydrogen) atoms. The molecule has 0 saturated carbocycles. The molecule has 4 N–H and O–H groups in total. The van der Waals surface area contributed by atoms with Crippen molar-refractivity contribution in [1.82, 2.24) is 19.5 Å². The van der Waals surface area contributed by atoms with Gasteiger partial charge in [0.25, 0.3) is 0 Å². The fourth-order valence-corrected chi connectivity index (χ4v) is 3.51. The maximum atomic E-state index is 10.3. The van der Waals surface area contributed by atoms with Crippen molar-refractivity contribution in [3.05, 3.63) is 36.4 Å². The zero-order valence-corrected chi connectivity index (χ0v) is 15.2. The fraction of sp³-hybridized carbons (Fsp3) is 0.389. The van der Waals surface area contributed by atoms with Gasteiger partial charge in [-0.1, -0.05) is 6.07 Å². The monoisotopic (exact) mass is 401 g/mol. The number of imidazole rings is 1. The van der Waals surface area contributed by atoms with Crippen LogP contribution >= 0.6 is 0 Å². The van der Waals surface area contributed by atoms with E-state index >= 15 is 0 Å². The van der Waals surface area contributed by atoms with Gasteiger partial charge in [0.05, 0.1) is 12.9 Å². The lowest BCUT2D eigenvalue weighted by Gasteiger charge is -2.16. The molecule has 4 atom stereocenters. The summed E-state index contributed by atoms with van der Waals surface area (Å²) in [5, 5.41) is 32.8. The maximum Gasteiger partial charge on any atom is 0.231 e. The van der Waals surface area contributed by atoms with Gasteiger partial charge in [-0.2, -0.15) is 0 Å². The van der Waals surface area contributed by atoms with Crippen LogP contribution in [-0.2, 0) is 11.3 Å². The molecule has 4 unspecified atom stereocenters. The minimum atomic E-state index is -1.22. The Morgan fingerprint density at radius 2 is 1.97 bits per heavy atom. The Kier molecular flexibility index (Phi) is 4.43. The Balaban J connectivity index is 1.39. The standard InChI is InChI=1S/C18H19N5O6/c24-5-12-14(25)15(26)18(29-12)23-7-22-13-16(20-6-21-17(13)23)19-4-9-1-2-10-11(3-9)28-8-27-10/h1-3,6-7,12,14-15,18,24-26H,4-5,8H2,(H,19,20,21). The molecule has 0 aliphatic carbocycles. The van der Waals surface area contributed by atoms with Crippen molar-refractivity contribution in [1.29, 1.82) is 0 Å². The third-order valence-electron chi connectivity index (χ3n) is 5.05. The van der Waals surface area contributed by atoms with E-state index in [2.05, 4.69) is 20.3 Å². The van der Waals surface area contributed by atoms with Crippen LogP contribution in [0.5, 0.6) is 11.5 Å². The molecule has 0 spiro atoms. The van der Waals surface area contributed by atoms with Crippen LogP contribution in [0.1, 0.15) is 11.8 Å². The maximum absolute atomic E-state index is 10.3. The number of nitrogens with one attached hydrogen (secondary N) is 1. The summed E-state index contributed by atoms with van der Waals surface area (Å²) in [6.45, 7) is 0.291. The Hall–Kier alpha value is -2.99. The van der Waals surface area contributed by atoms with Crippen molar-refractivity contribution in [2.24, 2.45) is 0 Å². The second kappa shape index (κ2) is 7.12. The number of aliphatic hydroxyl groups excluding tert-OH is 3. The van der Waals surface area contributed by atoms with E-state index in [1.54, 1.807) is 0 Å². The smallest absolute Gasteiger partial charge is 0.231 e. The summed E-state index contributed by atoms with van der Waals surface area (Å²) in [7, 11) is 0. The van der Waals surface area contributed by atoms with Crippen molar-refractivity contribution in [2.45, 2.75) is 31.1 Å². The zero-order valence-electron chi connectivity index (χ0n) is 15.2. The Morgan fingerprint density at radius 1 is 1.10 bits per heavy atom. The molecule has 2 aromatic heterocycles. The zero-order chi connectivity index (χ0) is 20.0. The second-order valence-electron chi connectivity index (χ2n) is 6.82. The van der Waals surface area contributed by atoms with E-state index in [9.17, 15) is 15.3 Å². The van der Waals surface area contributed by atoms with E-state index in [1.165, 1.54) is 17.2 Å². The van der Waals surface area contributed by atoms with Crippen molar-refractivity contribution >= 4 is 17.0 Å². The molecule has 0 radical (unpaired) electrons. The van der Waals surface area contributed by atoms with Gasteiger partial charge in [0, 0.05) is 6.54 Å². The molecule has 0 amide bonds. The molecule has 0 bridgehead atoms. The SMILES string of the molecule is OCC1OC(n2cnc3c(NCc4ccc5c(c4)OCO5)ncnc32)C(O)C1O. The summed E-state index contributed by atoms with van der Waals surface area (Å²) in [6, 6.07) is 5.67. The Bertz CT molecular complexity index is 1040. The minimum absolute atomic E-state index is 0.219. The van der Waals surface area contributed by atoms with Gasteiger partial charge < -0.3 is 34.8 Å². The van der Waals surface area contributed by atoms with Gasteiger partial charge in [-0.15, -0.1) is 0 Å². The van der Waals surface area contributed by atoms with Gasteiger partial charge in [0.2, 0.25) is 6.79 Å². The van der Waals surface area contributed by atoms with E-state index in [-0.39, 0.29) is 6.79 Å². The molecule has 11 heteroatoms. The number of aromatic nitrogens is 4. The molecule has 152 valence electrons. The largest absolute Gasteiger partial charge is 0.454 e. The second-order valence-corrected chi connectivity index (χ2v) is 6.82. The van der Waals surface area contributed by atoms with Crippen molar-refractivity contribution in [3.63, 3.8) is 0 Å². The molecular weight excluding hydrogens is 382 g/mol. The molecule has 1 aromatic carbocycles. The summed E-state index contributed by atoms with van der Waals surface area (Å²) in [5.74, 6) is 1.93. The molecule has 11 nitrogen and oxygen atoms in total. The lowest BCUT2D eigenvalue weighted by Crippen LogP contribution is -2.33. The number of anilines is 1. The van der Waals surface area contributed by atoms with E-state index in [0.29, 0.717) is 29.3 Å². The van der Waals surface area contributed by atoms with Crippen molar-refractivity contribution in [2.75, 3.05) is 18.7 Å². The van der Waals surface area contributed by atoms with Crippen LogP contribution in [0.25, 0.3) is 11.2 Å². The number of ether oxygens (including phenoxy) is 3. The highest BCUT2D eigenvalue weighted by Gasteiger charge is 2.44. The highest BCUT2D eigenvalue weighted by molar-refractivity contribution is 5.82. The molecule has 3 aromatic rings. The fourth-order valence-electron chi connectivity index (χ4n) is 3.51. The molecule has 1 saturated heterocycles. The molecule has 2 aliphatic rings. The quantitative estimate of drug-likeness (QED) is 0.453. The lowest BCUT2D eigenvalue weighted by molar-refractivity contribution is -0.0511. The number of benzene rings is 1. The van der Waals surface area contributed by atoms with Gasteiger partial charge in [0.1, 0.15) is 24.6 Å². The third-order valence-corrected chi connectivity index (χ3v) is 5.05. The van der Waals surface area contributed by atoms with Crippen LogP contribution in [0, 0.1) is 0 Å². The average molecular weight is 401 g/mol. The van der Waals surface area contributed by atoms with Gasteiger partial charge in [-0.05, 0) is 17.7 Å². The van der Waals surface area contributed by atoms with Gasteiger partial charge in [0.15, 0.2) is 34.7 Å². The number of rotatable bonds is 5. The van der Waals surface area contributed by atoms with Crippen LogP contribution in [0.2, 0.25) is 0 Å². The molecular formula is C18H19N5O6. The Morgan fingerprint density at radius 3 is 2.79 bits per heavy atom. The van der Waals surface area contributed by atoms with Crippen LogP contribution in [0.4, 0.5) is 5.82 Å². The minimum Gasteiger partial charge on any atom is -0.454 e. The summed E-state index contributed by atoms with van der Waals surface area (Å²) < 4.78 is 17.8. The first-order chi connectivity index (χ1) is 14.2. The van der Waals surface area contributed by atoms with Crippen LogP contribution in [0.3, 0.4) is 0 Å². The lowest BCUT2D eigenvalue weighted by atomic mass is 10.1. The normalized spacial score (nSPS) is 25.6. The Labute approximate surface area is 164 Å². The van der Waals surface area contributed by atoms with E-state index in [0.717, 1.165) is 11.3 Å². The van der Waals surface area contributed by atoms with Gasteiger partial charge in [-0.3, -0.25) is 4.57 Å². The van der Waals surface area contributed by atoms with Crippen LogP contribution in [-0.4, -0.2) is 66.6 Å². The number of fused-ring (bicyclic) bond motifs is 2. The summed E-state index contributed by atoms with van der Waals surface area (Å²) in [5.41, 5.74) is 1.90. The first-order valence-electron chi connectivity index (χ1n) is 9.08. The summed E-state index contributed by atoms with van der Waals surface area (Å²) >= 11 is 0. The van der Waals surface area contributed by atoms with E-state index < -0.39 is 31.1 Å². The third kappa shape index (κ3) is 3.04. The first kappa shape index (κ1) is 18.1. The van der Waals surface area contributed by atoms with Crippen LogP contribution in [0.15, 0.2) is 30.9 Å². The number of nitrogens with zero attached hydrogens (tertiary/aromatic N) is 4. The molecule has 5 rings (SSSR count). The predicted octanol–water partition coefficient (Wildman–Crippen LogP) is -0.221. The highest BCUT2D eigenvalue weighted by atomic mass is 16.7. The predicted molar refractivity (Wildman–Crippen MR) is 98.2 cm³/mol. The van der Waals surface area contributed by atoms with Crippen molar-refractivity contribution in [3.8, 4) is 11.5 Å². The van der Waals surface area contributed by atoms with Gasteiger partial charge in [-0.25, -0.2) is 15.0 Å². The van der Waals surface area contributed by atoms with E-state index in [1.807, 2.05) is 18.2 Å². The van der Waals surface area contributed by atoms with Crippen LogP contribution < -0.4 is 14.8 Å². The number of hydrogen-bond acceptors (Lipinski definition) is 10. The highest BCUT2D eigenvalue weighted by Crippen LogP contribution is 2.34. The molecule has 4 heterocycles. The topological polar surface area (TPSA) is 144 Å². The molecule has 1 fully saturated rings. The van der Waals surface area contributed by atoms with Crippen molar-refractivity contribution < 1.29 is 29.5 Å². The summed E-state index contributed by atoms with van der Waals surface area (Å²) in [4.78, 5) is 12.8. The van der Waals surface area contributed by atoms with E-state index in [4.69, 9.17) is 14.2 Å². The number of aliphatic hydroxyl groups is 3. The first-order valence-corrected chi connectivity index (χ1v) is 9.08. The van der Waals surface area contributed by atoms with Gasteiger partial charge >= 0.3 is 0 Å². The number of hydrogen-bond donors (Lipinski definition) is 4. The molecule has 2 aliphatic heterocycles.